The summed E-state index contributed by atoms with van der Waals surface area (Å²) in [4.78, 5) is 37.6. The van der Waals surface area contributed by atoms with Crippen LogP contribution in [-0.2, 0) is 4.74 Å². The first-order valence-corrected chi connectivity index (χ1v) is 10.4. The van der Waals surface area contributed by atoms with Gasteiger partial charge < -0.3 is 20.3 Å². The second-order valence-electron chi connectivity index (χ2n) is 7.28. The predicted molar refractivity (Wildman–Crippen MR) is 127 cm³/mol. The second-order valence-corrected chi connectivity index (χ2v) is 7.28. The highest BCUT2D eigenvalue weighted by Crippen LogP contribution is 2.36. The van der Waals surface area contributed by atoms with Crippen molar-refractivity contribution in [1.82, 2.24) is 15.0 Å². The van der Waals surface area contributed by atoms with Crippen molar-refractivity contribution in [3.05, 3.63) is 77.9 Å². The largest absolute Gasteiger partial charge is 0.507 e. The number of benzene rings is 3. The molecule has 0 saturated heterocycles. The first kappa shape index (κ1) is 23.3. The molecule has 35 heavy (non-hydrogen) atoms. The van der Waals surface area contributed by atoms with Crippen molar-refractivity contribution in [3.63, 3.8) is 0 Å². The van der Waals surface area contributed by atoms with Crippen LogP contribution in [0, 0.1) is 0 Å². The highest BCUT2D eigenvalue weighted by atomic mass is 16.5. The Kier molecular flexibility index (Phi) is 6.65. The van der Waals surface area contributed by atoms with Gasteiger partial charge in [-0.3, -0.25) is 10.5 Å². The number of aromatic nitrogens is 3. The van der Waals surface area contributed by atoms with E-state index in [1.165, 1.54) is 19.2 Å². The van der Waals surface area contributed by atoms with Crippen LogP contribution >= 0.6 is 0 Å². The average molecular weight is 471 g/mol. The Morgan fingerprint density at radius 2 is 1.49 bits per heavy atom. The highest BCUT2D eigenvalue weighted by molar-refractivity contribution is 6.01. The number of nitrogens with zero attached hydrogens (tertiary/aromatic N) is 3. The standard InChI is InChI=1S/C25H21N5O5/c1-34-25(33)16-9-7-15(8-10-16)23-28-22(14-5-3-2-4-6-14)29-24(30-23)20-18(21(27)32)11-17(35-13-26)12-19(20)31/h2-12,31H,13,26H2,1H3,(H2,27,32). The lowest BCUT2D eigenvalue weighted by molar-refractivity contribution is 0.0600. The quantitative estimate of drug-likeness (QED) is 0.271. The third kappa shape index (κ3) is 4.92. The van der Waals surface area contributed by atoms with Gasteiger partial charge in [0.1, 0.15) is 18.2 Å². The third-order valence-electron chi connectivity index (χ3n) is 5.06. The number of methoxy groups -OCH3 is 1. The minimum atomic E-state index is -0.816. The maximum absolute atomic E-state index is 12.3. The Morgan fingerprint density at radius 3 is 2.06 bits per heavy atom. The summed E-state index contributed by atoms with van der Waals surface area (Å²) in [5, 5.41) is 10.8. The zero-order valence-corrected chi connectivity index (χ0v) is 18.6. The zero-order chi connectivity index (χ0) is 24.9. The van der Waals surface area contributed by atoms with Gasteiger partial charge in [0.15, 0.2) is 17.5 Å². The lowest BCUT2D eigenvalue weighted by atomic mass is 10.0. The molecule has 0 bridgehead atoms. The molecular formula is C25H21N5O5. The molecule has 0 atom stereocenters. The van der Waals surface area contributed by atoms with Crippen molar-refractivity contribution < 1.29 is 24.2 Å². The Labute approximate surface area is 200 Å². The van der Waals surface area contributed by atoms with Crippen molar-refractivity contribution in [2.75, 3.05) is 13.8 Å². The Bertz CT molecular complexity index is 1390. The van der Waals surface area contributed by atoms with Gasteiger partial charge in [0, 0.05) is 17.2 Å². The molecular weight excluding hydrogens is 450 g/mol. The Morgan fingerprint density at radius 1 is 0.886 bits per heavy atom. The number of carbonyl (C=O) groups is 2. The molecule has 5 N–H and O–H groups in total. The number of ether oxygens (including phenoxy) is 2. The van der Waals surface area contributed by atoms with Crippen molar-refractivity contribution in [2.24, 2.45) is 11.5 Å². The van der Waals surface area contributed by atoms with Gasteiger partial charge in [-0.15, -0.1) is 0 Å². The van der Waals surface area contributed by atoms with E-state index < -0.39 is 11.9 Å². The molecule has 10 nitrogen and oxygen atoms in total. The van der Waals surface area contributed by atoms with E-state index in [0.29, 0.717) is 22.5 Å². The number of hydrogen-bond donors (Lipinski definition) is 3. The van der Waals surface area contributed by atoms with E-state index in [1.54, 1.807) is 24.3 Å². The number of rotatable bonds is 7. The van der Waals surface area contributed by atoms with Gasteiger partial charge in [-0.2, -0.15) is 0 Å². The smallest absolute Gasteiger partial charge is 0.337 e. The minimum absolute atomic E-state index is 0.0221. The summed E-state index contributed by atoms with van der Waals surface area (Å²) in [6.07, 6.45) is 0. The van der Waals surface area contributed by atoms with E-state index in [9.17, 15) is 14.7 Å². The van der Waals surface area contributed by atoms with Gasteiger partial charge in [0.05, 0.1) is 23.8 Å². The summed E-state index contributed by atoms with van der Waals surface area (Å²) in [7, 11) is 1.30. The molecule has 0 aliphatic rings. The molecule has 3 aromatic carbocycles. The number of phenols is 1. The number of hydrogen-bond acceptors (Lipinski definition) is 9. The van der Waals surface area contributed by atoms with E-state index in [1.807, 2.05) is 30.3 Å². The molecule has 1 amide bonds. The van der Waals surface area contributed by atoms with Crippen molar-refractivity contribution in [3.8, 4) is 45.7 Å². The molecule has 0 unspecified atom stereocenters. The van der Waals surface area contributed by atoms with E-state index in [4.69, 9.17) is 20.9 Å². The molecule has 0 aliphatic heterocycles. The molecule has 10 heteroatoms. The SMILES string of the molecule is COC(=O)c1ccc(-c2nc(-c3ccccc3)nc(-c3c(O)cc(OCN)cc3C(N)=O)n2)cc1. The molecule has 1 aromatic heterocycles. The van der Waals surface area contributed by atoms with Gasteiger partial charge >= 0.3 is 5.97 Å². The van der Waals surface area contributed by atoms with Gasteiger partial charge in [-0.25, -0.2) is 19.7 Å². The number of nitrogens with two attached hydrogens (primary N) is 2. The summed E-state index contributed by atoms with van der Waals surface area (Å²) < 4.78 is 9.95. The lowest BCUT2D eigenvalue weighted by Gasteiger charge is -2.13. The van der Waals surface area contributed by atoms with E-state index in [2.05, 4.69) is 15.0 Å². The average Bonchev–Trinajstić information content (AvgIpc) is 2.88. The fraction of sp³-hybridized carbons (Fsp3) is 0.0800. The van der Waals surface area contributed by atoms with Crippen LogP contribution in [0.4, 0.5) is 0 Å². The van der Waals surface area contributed by atoms with Crippen LogP contribution in [0.15, 0.2) is 66.7 Å². The number of carbonyl (C=O) groups excluding carboxylic acids is 2. The summed E-state index contributed by atoms with van der Waals surface area (Å²) in [6.45, 7) is -0.160. The van der Waals surface area contributed by atoms with Crippen LogP contribution in [-0.4, -0.2) is 45.8 Å². The molecule has 0 fully saturated rings. The summed E-state index contributed by atoms with van der Waals surface area (Å²) >= 11 is 0. The highest BCUT2D eigenvalue weighted by Gasteiger charge is 2.22. The first-order valence-electron chi connectivity index (χ1n) is 10.4. The molecule has 0 spiro atoms. The van der Waals surface area contributed by atoms with Crippen LogP contribution < -0.4 is 16.2 Å². The number of primary amides is 1. The molecule has 4 aromatic rings. The third-order valence-corrected chi connectivity index (χ3v) is 5.06. The minimum Gasteiger partial charge on any atom is -0.507 e. The van der Waals surface area contributed by atoms with Gasteiger partial charge in [0.25, 0.3) is 0 Å². The summed E-state index contributed by atoms with van der Waals surface area (Å²) in [5.41, 5.74) is 12.6. The molecule has 176 valence electrons. The maximum atomic E-state index is 12.3. The monoisotopic (exact) mass is 471 g/mol. The van der Waals surface area contributed by atoms with Crippen LogP contribution in [0.25, 0.3) is 34.2 Å². The molecule has 1 heterocycles. The van der Waals surface area contributed by atoms with Crippen molar-refractivity contribution in [1.29, 1.82) is 0 Å². The van der Waals surface area contributed by atoms with E-state index in [-0.39, 0.29) is 41.0 Å². The fourth-order valence-electron chi connectivity index (χ4n) is 3.42. The summed E-state index contributed by atoms with van der Waals surface area (Å²) in [5.74, 6) is -0.865. The first-order chi connectivity index (χ1) is 16.9. The van der Waals surface area contributed by atoms with Crippen LogP contribution in [0.3, 0.4) is 0 Å². The summed E-state index contributed by atoms with van der Waals surface area (Å²) in [6, 6.07) is 18.3. The normalized spacial score (nSPS) is 10.6. The Hall–Kier alpha value is -4.83. The van der Waals surface area contributed by atoms with E-state index >= 15 is 0 Å². The van der Waals surface area contributed by atoms with Crippen LogP contribution in [0.2, 0.25) is 0 Å². The number of amides is 1. The molecule has 0 aliphatic carbocycles. The number of esters is 1. The number of phenolic OH excluding ortho intramolecular Hbond substituents is 1. The number of aromatic hydroxyl groups is 1. The Balaban J connectivity index is 1.93. The molecule has 0 saturated carbocycles. The van der Waals surface area contributed by atoms with Crippen molar-refractivity contribution >= 4 is 11.9 Å². The van der Waals surface area contributed by atoms with E-state index in [0.717, 1.165) is 0 Å². The topological polar surface area (TPSA) is 164 Å². The van der Waals surface area contributed by atoms with Crippen LogP contribution in [0.5, 0.6) is 11.5 Å². The predicted octanol–water partition coefficient (Wildman–Crippen LogP) is 2.76. The zero-order valence-electron chi connectivity index (χ0n) is 18.6. The molecule has 4 rings (SSSR count). The lowest BCUT2D eigenvalue weighted by Crippen LogP contribution is -2.15. The molecule has 0 radical (unpaired) electrons. The maximum Gasteiger partial charge on any atom is 0.337 e. The fourth-order valence-corrected chi connectivity index (χ4v) is 3.42. The van der Waals surface area contributed by atoms with Crippen molar-refractivity contribution in [2.45, 2.75) is 0 Å². The second kappa shape index (κ2) is 9.98. The van der Waals surface area contributed by atoms with Crippen LogP contribution in [0.1, 0.15) is 20.7 Å². The van der Waals surface area contributed by atoms with Gasteiger partial charge in [0.2, 0.25) is 5.91 Å². The van der Waals surface area contributed by atoms with Gasteiger partial charge in [-0.1, -0.05) is 42.5 Å². The van der Waals surface area contributed by atoms with Gasteiger partial charge in [-0.05, 0) is 18.2 Å².